The number of rotatable bonds is 7. The third-order valence-corrected chi connectivity index (χ3v) is 3.87. The predicted octanol–water partition coefficient (Wildman–Crippen LogP) is 2.73. The van der Waals surface area contributed by atoms with E-state index >= 15 is 0 Å². The molecule has 1 unspecified atom stereocenters. The first-order chi connectivity index (χ1) is 10.3. The Kier molecular flexibility index (Phi) is 4.29. The molecule has 1 aromatic heterocycles. The second kappa shape index (κ2) is 6.35. The summed E-state index contributed by atoms with van der Waals surface area (Å²) < 4.78 is 18.9. The number of nitrogens with one attached hydrogen (secondary N) is 1. The van der Waals surface area contributed by atoms with Gasteiger partial charge in [0.05, 0.1) is 0 Å². The van der Waals surface area contributed by atoms with Crippen molar-refractivity contribution in [3.8, 4) is 0 Å². The Morgan fingerprint density at radius 3 is 2.90 bits per heavy atom. The number of hydrogen-bond acceptors (Lipinski definition) is 4. The molecular formula is C16H20FN3O. The van der Waals surface area contributed by atoms with Crippen molar-refractivity contribution in [1.82, 2.24) is 15.5 Å². The van der Waals surface area contributed by atoms with Crippen LogP contribution >= 0.6 is 0 Å². The lowest BCUT2D eigenvalue weighted by Crippen LogP contribution is -2.33. The molecule has 0 radical (unpaired) electrons. The summed E-state index contributed by atoms with van der Waals surface area (Å²) >= 11 is 0. The minimum atomic E-state index is -0.229. The monoisotopic (exact) mass is 289 g/mol. The summed E-state index contributed by atoms with van der Waals surface area (Å²) in [5.41, 5.74) is 0.593. The summed E-state index contributed by atoms with van der Waals surface area (Å²) in [6.45, 7) is 3.05. The molecule has 0 spiro atoms. The average Bonchev–Trinajstić information content (AvgIpc) is 3.23. The molecule has 0 bridgehead atoms. The van der Waals surface area contributed by atoms with Crippen molar-refractivity contribution in [2.75, 3.05) is 6.54 Å². The third kappa shape index (κ3) is 3.67. The molecule has 1 N–H and O–H groups in total. The Hall–Kier alpha value is -1.75. The van der Waals surface area contributed by atoms with Crippen LogP contribution in [0.5, 0.6) is 0 Å². The summed E-state index contributed by atoms with van der Waals surface area (Å²) in [6, 6.07) is 7.10. The van der Waals surface area contributed by atoms with Crippen LogP contribution in [0.15, 0.2) is 28.8 Å². The van der Waals surface area contributed by atoms with Crippen LogP contribution in [0.25, 0.3) is 0 Å². The van der Waals surface area contributed by atoms with Crippen molar-refractivity contribution >= 4 is 0 Å². The molecular weight excluding hydrogens is 269 g/mol. The van der Waals surface area contributed by atoms with E-state index in [1.807, 2.05) is 6.07 Å². The quantitative estimate of drug-likeness (QED) is 0.851. The molecule has 3 rings (SSSR count). The Labute approximate surface area is 123 Å². The second-order valence-corrected chi connectivity index (χ2v) is 5.58. The summed E-state index contributed by atoms with van der Waals surface area (Å²) in [5, 5.41) is 7.44. The van der Waals surface area contributed by atoms with Crippen molar-refractivity contribution in [2.24, 2.45) is 5.92 Å². The van der Waals surface area contributed by atoms with Crippen LogP contribution in [-0.2, 0) is 12.8 Å². The number of hydrogen-bond donors (Lipinski definition) is 1. The standard InChI is InChI=1S/C16H20FN3O/c1-2-18-14(11-7-8-11)10-16-19-15(20-21-16)9-12-5-3-4-6-13(12)17/h3-6,11,14,18H,2,7-10H2,1H3. The van der Waals surface area contributed by atoms with E-state index < -0.39 is 0 Å². The molecule has 5 heteroatoms. The van der Waals surface area contributed by atoms with Crippen LogP contribution < -0.4 is 5.32 Å². The van der Waals surface area contributed by atoms with Crippen molar-refractivity contribution in [2.45, 2.75) is 38.6 Å². The first-order valence-corrected chi connectivity index (χ1v) is 7.54. The van der Waals surface area contributed by atoms with Crippen molar-refractivity contribution in [3.05, 3.63) is 47.4 Å². The van der Waals surface area contributed by atoms with Gasteiger partial charge in [-0.05, 0) is 36.9 Å². The smallest absolute Gasteiger partial charge is 0.228 e. The molecule has 0 amide bonds. The minimum absolute atomic E-state index is 0.229. The van der Waals surface area contributed by atoms with Gasteiger partial charge in [0.2, 0.25) is 5.89 Å². The first kappa shape index (κ1) is 14.2. The molecule has 21 heavy (non-hydrogen) atoms. The molecule has 1 atom stereocenters. The Balaban J connectivity index is 1.64. The predicted molar refractivity (Wildman–Crippen MR) is 77.4 cm³/mol. The molecule has 0 saturated heterocycles. The molecule has 1 aliphatic rings. The van der Waals surface area contributed by atoms with E-state index in [2.05, 4.69) is 22.4 Å². The van der Waals surface area contributed by atoms with Crippen LogP contribution in [0, 0.1) is 11.7 Å². The van der Waals surface area contributed by atoms with E-state index in [4.69, 9.17) is 4.52 Å². The second-order valence-electron chi connectivity index (χ2n) is 5.58. The van der Waals surface area contributed by atoms with Gasteiger partial charge in [-0.3, -0.25) is 0 Å². The third-order valence-electron chi connectivity index (χ3n) is 3.87. The number of nitrogens with zero attached hydrogens (tertiary/aromatic N) is 2. The highest BCUT2D eigenvalue weighted by Crippen LogP contribution is 2.33. The summed E-state index contributed by atoms with van der Waals surface area (Å²) in [5.74, 6) is 1.68. The molecule has 112 valence electrons. The zero-order valence-corrected chi connectivity index (χ0v) is 12.2. The molecule has 1 aliphatic carbocycles. The van der Waals surface area contributed by atoms with Gasteiger partial charge >= 0.3 is 0 Å². The van der Waals surface area contributed by atoms with Crippen LogP contribution in [0.2, 0.25) is 0 Å². The maximum atomic E-state index is 13.6. The lowest BCUT2D eigenvalue weighted by Gasteiger charge is -2.14. The average molecular weight is 289 g/mol. The molecule has 1 aromatic carbocycles. The van der Waals surface area contributed by atoms with E-state index in [9.17, 15) is 4.39 Å². The lowest BCUT2D eigenvalue weighted by molar-refractivity contribution is 0.345. The largest absolute Gasteiger partial charge is 0.339 e. The highest BCUT2D eigenvalue weighted by molar-refractivity contribution is 5.20. The zero-order valence-electron chi connectivity index (χ0n) is 12.2. The van der Waals surface area contributed by atoms with Crippen molar-refractivity contribution in [3.63, 3.8) is 0 Å². The Morgan fingerprint density at radius 1 is 1.38 bits per heavy atom. The SMILES string of the molecule is CCNC(Cc1nc(Cc2ccccc2F)no1)C1CC1. The van der Waals surface area contributed by atoms with Gasteiger partial charge in [-0.15, -0.1) is 0 Å². The fourth-order valence-electron chi connectivity index (χ4n) is 2.61. The van der Waals surface area contributed by atoms with Crippen LogP contribution in [0.1, 0.15) is 37.0 Å². The van der Waals surface area contributed by atoms with Gasteiger partial charge in [0.25, 0.3) is 0 Å². The van der Waals surface area contributed by atoms with E-state index in [0.717, 1.165) is 18.9 Å². The van der Waals surface area contributed by atoms with Crippen LogP contribution in [0.3, 0.4) is 0 Å². The molecule has 2 aromatic rings. The Bertz CT molecular complexity index is 595. The van der Waals surface area contributed by atoms with Gasteiger partial charge in [0, 0.05) is 18.9 Å². The summed E-state index contributed by atoms with van der Waals surface area (Å²) in [6.07, 6.45) is 3.66. The highest BCUT2D eigenvalue weighted by atomic mass is 19.1. The number of likely N-dealkylation sites (N-methyl/N-ethyl adjacent to an activating group) is 1. The number of benzene rings is 1. The molecule has 1 fully saturated rings. The number of aromatic nitrogens is 2. The van der Waals surface area contributed by atoms with E-state index in [1.165, 1.54) is 18.9 Å². The first-order valence-electron chi connectivity index (χ1n) is 7.54. The van der Waals surface area contributed by atoms with Crippen LogP contribution in [0.4, 0.5) is 4.39 Å². The number of halogens is 1. The maximum absolute atomic E-state index is 13.6. The lowest BCUT2D eigenvalue weighted by atomic mass is 10.1. The van der Waals surface area contributed by atoms with Crippen LogP contribution in [-0.4, -0.2) is 22.7 Å². The minimum Gasteiger partial charge on any atom is -0.339 e. The fourth-order valence-corrected chi connectivity index (χ4v) is 2.61. The van der Waals surface area contributed by atoms with Gasteiger partial charge in [0.15, 0.2) is 5.82 Å². The molecule has 0 aliphatic heterocycles. The fraction of sp³-hybridized carbons (Fsp3) is 0.500. The van der Waals surface area contributed by atoms with Gasteiger partial charge < -0.3 is 9.84 Å². The molecule has 1 heterocycles. The van der Waals surface area contributed by atoms with E-state index in [-0.39, 0.29) is 5.82 Å². The molecule has 4 nitrogen and oxygen atoms in total. The Morgan fingerprint density at radius 2 is 2.19 bits per heavy atom. The van der Waals surface area contributed by atoms with Gasteiger partial charge in [-0.25, -0.2) is 4.39 Å². The van der Waals surface area contributed by atoms with E-state index in [0.29, 0.717) is 29.7 Å². The van der Waals surface area contributed by atoms with E-state index in [1.54, 1.807) is 12.1 Å². The highest BCUT2D eigenvalue weighted by Gasteiger charge is 2.31. The summed E-state index contributed by atoms with van der Waals surface area (Å²) in [7, 11) is 0. The van der Waals surface area contributed by atoms with Gasteiger partial charge in [-0.1, -0.05) is 30.3 Å². The topological polar surface area (TPSA) is 51.0 Å². The van der Waals surface area contributed by atoms with Crippen molar-refractivity contribution < 1.29 is 8.91 Å². The normalized spacial score (nSPS) is 16.1. The van der Waals surface area contributed by atoms with Gasteiger partial charge in [0.1, 0.15) is 5.82 Å². The summed E-state index contributed by atoms with van der Waals surface area (Å²) in [4.78, 5) is 4.39. The maximum Gasteiger partial charge on any atom is 0.228 e. The molecule has 1 saturated carbocycles. The van der Waals surface area contributed by atoms with Crippen molar-refractivity contribution in [1.29, 1.82) is 0 Å². The van der Waals surface area contributed by atoms with Gasteiger partial charge in [-0.2, -0.15) is 4.98 Å². The zero-order chi connectivity index (χ0) is 14.7.